The zero-order chi connectivity index (χ0) is 22.4. The van der Waals surface area contributed by atoms with Gasteiger partial charge in [0.2, 0.25) is 0 Å². The zero-order valence-corrected chi connectivity index (χ0v) is 17.4. The van der Waals surface area contributed by atoms with Crippen molar-refractivity contribution in [2.24, 2.45) is 11.7 Å². The fourth-order valence-electron chi connectivity index (χ4n) is 4.28. The number of rotatable bonds is 7. The van der Waals surface area contributed by atoms with Gasteiger partial charge in [0.25, 0.3) is 0 Å². The molecule has 2 aliphatic rings. The number of nitrogens with two attached hydrogens (primary N) is 1. The average molecular weight is 445 g/mol. The van der Waals surface area contributed by atoms with E-state index in [1.807, 2.05) is 23.1 Å². The van der Waals surface area contributed by atoms with Crippen molar-refractivity contribution in [3.63, 3.8) is 0 Å². The van der Waals surface area contributed by atoms with Crippen LogP contribution >= 0.6 is 0 Å². The van der Waals surface area contributed by atoms with Crippen LogP contribution in [0, 0.1) is 5.92 Å². The lowest BCUT2D eigenvalue weighted by Crippen LogP contribution is -2.39. The Kier molecular flexibility index (Phi) is 7.74. The average Bonchev–Trinajstić information content (AvgIpc) is 2.73. The number of nitrogens with zero attached hydrogens (tertiary/aromatic N) is 1. The lowest BCUT2D eigenvalue weighted by molar-refractivity contribution is -0.179. The summed E-state index contributed by atoms with van der Waals surface area (Å²) in [5.74, 6) is -0.691. The molecule has 10 heteroatoms. The highest BCUT2D eigenvalue weighted by Crippen LogP contribution is 2.38. The molecule has 174 valence electrons. The predicted octanol–water partition coefficient (Wildman–Crippen LogP) is 3.65. The van der Waals surface area contributed by atoms with E-state index in [2.05, 4.69) is 5.32 Å². The van der Waals surface area contributed by atoms with Crippen LogP contribution in [0.4, 0.5) is 29.3 Å². The molecule has 0 atom stereocenters. The molecule has 4 N–H and O–H groups in total. The second-order valence-electron chi connectivity index (χ2n) is 8.11. The Balaban J connectivity index is 1.63. The number of carbonyl (C=O) groups excluding carboxylic acids is 1. The normalized spacial score (nSPS) is 22.8. The maximum Gasteiger partial charge on any atom is 0.404 e. The first-order chi connectivity index (χ1) is 14.8. The number of aliphatic hydroxyl groups excluding tert-OH is 1. The number of piperidine rings is 1. The second kappa shape index (κ2) is 10.3. The number of alkyl halides is 3. The Labute approximate surface area is 179 Å². The molecule has 1 amide bonds. The van der Waals surface area contributed by atoms with Crippen LogP contribution in [0.2, 0.25) is 0 Å². The Morgan fingerprint density at radius 1 is 1.16 bits per heavy atom. The quantitative estimate of drug-likeness (QED) is 0.593. The van der Waals surface area contributed by atoms with Crippen LogP contribution in [0.1, 0.15) is 38.5 Å². The minimum Gasteiger partial charge on any atom is -0.489 e. The summed E-state index contributed by atoms with van der Waals surface area (Å²) < 4.78 is 49.6. The molecule has 7 nitrogen and oxygen atoms in total. The first-order valence-corrected chi connectivity index (χ1v) is 10.7. The van der Waals surface area contributed by atoms with Gasteiger partial charge in [-0.25, -0.2) is 4.79 Å². The van der Waals surface area contributed by atoms with E-state index < -0.39 is 18.2 Å². The number of carbonyl (C=O) groups is 1. The van der Waals surface area contributed by atoms with Gasteiger partial charge < -0.3 is 30.5 Å². The molecular weight excluding hydrogens is 415 g/mol. The number of benzene rings is 1. The Bertz CT molecular complexity index is 731. The molecule has 0 radical (unpaired) electrons. The van der Waals surface area contributed by atoms with E-state index in [1.165, 1.54) is 0 Å². The highest BCUT2D eigenvalue weighted by atomic mass is 19.4. The molecule has 1 aliphatic carbocycles. The minimum atomic E-state index is -4.14. The van der Waals surface area contributed by atoms with Gasteiger partial charge in [0.05, 0.1) is 18.2 Å². The van der Waals surface area contributed by atoms with Gasteiger partial charge in [-0.15, -0.1) is 0 Å². The molecule has 0 unspecified atom stereocenters. The van der Waals surface area contributed by atoms with Crippen LogP contribution < -0.4 is 20.7 Å². The molecule has 1 aliphatic heterocycles. The molecule has 3 rings (SSSR count). The van der Waals surface area contributed by atoms with Gasteiger partial charge in [-0.1, -0.05) is 0 Å². The van der Waals surface area contributed by atoms with Crippen molar-refractivity contribution in [3.05, 3.63) is 18.2 Å². The highest BCUT2D eigenvalue weighted by Gasteiger charge is 2.41. The van der Waals surface area contributed by atoms with E-state index in [-0.39, 0.29) is 38.2 Å². The maximum absolute atomic E-state index is 12.9. The molecule has 1 saturated heterocycles. The Morgan fingerprint density at radius 3 is 2.42 bits per heavy atom. The fraction of sp³-hybridized carbons (Fsp3) is 0.667. The minimum absolute atomic E-state index is 0.0763. The third kappa shape index (κ3) is 6.56. The maximum atomic E-state index is 12.9. The SMILES string of the molecule is NC(=O)OC1CCC(Nc2ccc(N3CCC(C(F)(F)F)CC3)cc2OCCO)CC1. The first kappa shape index (κ1) is 23.3. The van der Waals surface area contributed by atoms with Crippen LogP contribution in [0.25, 0.3) is 0 Å². The summed E-state index contributed by atoms with van der Waals surface area (Å²) in [6, 6.07) is 5.72. The smallest absolute Gasteiger partial charge is 0.404 e. The number of aliphatic hydroxyl groups is 1. The van der Waals surface area contributed by atoms with Crippen molar-refractivity contribution >= 4 is 17.5 Å². The monoisotopic (exact) mass is 445 g/mol. The predicted molar refractivity (Wildman–Crippen MR) is 110 cm³/mol. The van der Waals surface area contributed by atoms with E-state index in [1.54, 1.807) is 0 Å². The summed E-state index contributed by atoms with van der Waals surface area (Å²) in [7, 11) is 0. The molecular formula is C21H30F3N3O4. The number of amides is 1. The number of hydrogen-bond donors (Lipinski definition) is 3. The summed E-state index contributed by atoms with van der Waals surface area (Å²) >= 11 is 0. The summed E-state index contributed by atoms with van der Waals surface area (Å²) in [4.78, 5) is 12.8. The number of halogens is 3. The van der Waals surface area contributed by atoms with Crippen molar-refractivity contribution in [2.45, 2.75) is 56.8 Å². The molecule has 31 heavy (non-hydrogen) atoms. The van der Waals surface area contributed by atoms with Gasteiger partial charge in [0.15, 0.2) is 0 Å². The van der Waals surface area contributed by atoms with Gasteiger partial charge in [-0.3, -0.25) is 0 Å². The van der Waals surface area contributed by atoms with Crippen LogP contribution in [0.15, 0.2) is 18.2 Å². The topological polar surface area (TPSA) is 97.1 Å². The van der Waals surface area contributed by atoms with Gasteiger partial charge in [0, 0.05) is 30.9 Å². The van der Waals surface area contributed by atoms with Crippen LogP contribution in [0.5, 0.6) is 5.75 Å². The summed E-state index contributed by atoms with van der Waals surface area (Å²) in [6.45, 7) is 0.643. The summed E-state index contributed by atoms with van der Waals surface area (Å²) in [5.41, 5.74) is 6.65. The second-order valence-corrected chi connectivity index (χ2v) is 8.11. The van der Waals surface area contributed by atoms with E-state index in [9.17, 15) is 18.0 Å². The highest BCUT2D eigenvalue weighted by molar-refractivity contribution is 5.65. The number of anilines is 2. The Hall–Kier alpha value is -2.36. The van der Waals surface area contributed by atoms with Crippen LogP contribution in [0.3, 0.4) is 0 Å². The van der Waals surface area contributed by atoms with Crippen molar-refractivity contribution in [3.8, 4) is 5.75 Å². The lowest BCUT2D eigenvalue weighted by atomic mass is 9.92. The standard InChI is InChI=1S/C21H30F3N3O4/c22-21(23,24)14-7-9-27(10-8-14)16-3-6-18(19(13-16)30-12-11-28)26-15-1-4-17(5-2-15)31-20(25)29/h3,6,13-15,17,26,28H,1-2,4-5,7-12H2,(H2,25,29). The number of primary amides is 1. The van der Waals surface area contributed by atoms with Crippen LogP contribution in [-0.4, -0.2) is 55.8 Å². The zero-order valence-electron chi connectivity index (χ0n) is 17.4. The van der Waals surface area contributed by atoms with Crippen LogP contribution in [-0.2, 0) is 4.74 Å². The van der Waals surface area contributed by atoms with Gasteiger partial charge >= 0.3 is 12.3 Å². The van der Waals surface area contributed by atoms with E-state index in [0.29, 0.717) is 31.7 Å². The molecule has 0 aromatic heterocycles. The summed E-state index contributed by atoms with van der Waals surface area (Å²) in [6.07, 6.45) is -1.90. The fourth-order valence-corrected chi connectivity index (χ4v) is 4.28. The molecule has 0 spiro atoms. The van der Waals surface area contributed by atoms with E-state index >= 15 is 0 Å². The molecule has 2 fully saturated rings. The number of ether oxygens (including phenoxy) is 2. The largest absolute Gasteiger partial charge is 0.489 e. The van der Waals surface area contributed by atoms with Crippen molar-refractivity contribution in [2.75, 3.05) is 36.5 Å². The molecule has 1 saturated carbocycles. The lowest BCUT2D eigenvalue weighted by Gasteiger charge is -2.35. The third-order valence-corrected chi connectivity index (χ3v) is 5.95. The Morgan fingerprint density at radius 2 is 1.84 bits per heavy atom. The molecule has 0 bridgehead atoms. The number of hydrogen-bond acceptors (Lipinski definition) is 6. The molecule has 1 heterocycles. The van der Waals surface area contributed by atoms with Crippen molar-refractivity contribution in [1.29, 1.82) is 0 Å². The van der Waals surface area contributed by atoms with Crippen molar-refractivity contribution in [1.82, 2.24) is 0 Å². The van der Waals surface area contributed by atoms with Crippen molar-refractivity contribution < 1.29 is 32.5 Å². The van der Waals surface area contributed by atoms with E-state index in [0.717, 1.165) is 24.2 Å². The number of nitrogens with one attached hydrogen (secondary N) is 1. The van der Waals surface area contributed by atoms with Gasteiger partial charge in [-0.05, 0) is 50.7 Å². The van der Waals surface area contributed by atoms with Gasteiger partial charge in [0.1, 0.15) is 18.5 Å². The molecule has 1 aromatic rings. The first-order valence-electron chi connectivity index (χ1n) is 10.7. The van der Waals surface area contributed by atoms with Gasteiger partial charge in [-0.2, -0.15) is 13.2 Å². The third-order valence-electron chi connectivity index (χ3n) is 5.95. The van der Waals surface area contributed by atoms with E-state index in [4.69, 9.17) is 20.3 Å². The summed E-state index contributed by atoms with van der Waals surface area (Å²) in [5, 5.41) is 12.6. The molecule has 1 aromatic carbocycles.